The molecule has 3 aliphatic rings. The van der Waals surface area contributed by atoms with Gasteiger partial charge in [-0.3, -0.25) is 28.8 Å². The maximum atomic E-state index is 13.9. The van der Waals surface area contributed by atoms with Crippen LogP contribution in [-0.2, 0) is 62.2 Å². The van der Waals surface area contributed by atoms with E-state index in [4.69, 9.17) is 25.1 Å². The number of rotatable bonds is 20. The zero-order chi connectivity index (χ0) is 65.7. The van der Waals surface area contributed by atoms with Gasteiger partial charge < -0.3 is 66.8 Å². The molecular formula is C59H84F9N9O10. The van der Waals surface area contributed by atoms with Crippen molar-refractivity contribution in [3.8, 4) is 0 Å². The summed E-state index contributed by atoms with van der Waals surface area (Å²) in [5.41, 5.74) is 4.62. The second-order valence-corrected chi connectivity index (χ2v) is 23.8. The maximum Gasteiger partial charge on any atom is 0.304 e. The average molecular weight is 1250 g/mol. The predicted molar refractivity (Wildman–Crippen MR) is 304 cm³/mol. The molecule has 3 fully saturated rings. The minimum absolute atomic E-state index is 0.00549. The molecule has 3 aliphatic heterocycles. The lowest BCUT2D eigenvalue weighted by molar-refractivity contribution is -0.148. The molecule has 0 bridgehead atoms. The number of piperazine rings is 3. The van der Waals surface area contributed by atoms with Gasteiger partial charge in [0.1, 0.15) is 35.6 Å². The Balaban J connectivity index is 0.000000318. The zero-order valence-electron chi connectivity index (χ0n) is 51.0. The number of hydrogen-bond acceptors (Lipinski definition) is 13. The number of carbonyl (C=O) groups excluding carboxylic acids is 5. The van der Waals surface area contributed by atoms with Crippen molar-refractivity contribution in [2.75, 3.05) is 73.2 Å². The predicted octanol–water partition coefficient (Wildman–Crippen LogP) is 4.87. The molecule has 3 saturated heterocycles. The van der Waals surface area contributed by atoms with Crippen molar-refractivity contribution in [3.05, 3.63) is 105 Å². The van der Waals surface area contributed by atoms with Gasteiger partial charge in [0, 0.05) is 88.4 Å². The number of nitrogens with two attached hydrogens (primary N) is 1. The normalized spacial score (nSPS) is 18.3. The van der Waals surface area contributed by atoms with Crippen LogP contribution >= 0.6 is 0 Å². The molecule has 9 N–H and O–H groups in total. The first kappa shape index (κ1) is 74.8. The van der Waals surface area contributed by atoms with Gasteiger partial charge in [0.15, 0.2) is 34.9 Å². The number of nitrogens with one attached hydrogen (secondary N) is 6. The molecular weight excluding hydrogens is 1170 g/mol. The van der Waals surface area contributed by atoms with E-state index < -0.39 is 99.7 Å². The highest BCUT2D eigenvalue weighted by Crippen LogP contribution is 2.22. The molecule has 28 heteroatoms. The lowest BCUT2D eigenvalue weighted by Gasteiger charge is -2.37. The van der Waals surface area contributed by atoms with Crippen LogP contribution in [0.5, 0.6) is 0 Å². The van der Waals surface area contributed by atoms with Gasteiger partial charge in [0.2, 0.25) is 29.5 Å². The number of halogens is 9. The number of amides is 5. The van der Waals surface area contributed by atoms with Crippen molar-refractivity contribution in [2.45, 2.75) is 154 Å². The van der Waals surface area contributed by atoms with Gasteiger partial charge in [0.05, 0.1) is 43.0 Å². The highest BCUT2D eigenvalue weighted by atomic mass is 19.2. The van der Waals surface area contributed by atoms with Crippen molar-refractivity contribution in [3.63, 3.8) is 0 Å². The largest absolute Gasteiger partial charge is 0.481 e. The first-order valence-electron chi connectivity index (χ1n) is 28.2. The molecule has 0 aromatic heterocycles. The molecule has 0 spiro atoms. The first-order chi connectivity index (χ1) is 40.4. The SMILES string of the molecule is CC(C)(C)OC[C@@H]1C(=O)NCCN1C(=O)C[C@H](N)Cc1cc(F)c(F)cc1F.CC(C)(C)OC[C@H]1NCCNC1=O.CN[C@@H](CC(=O)N1CCNC(=O)[C@H]1COC(C)(C)C)Cc1cc(F)c(F)cc1F.CN[C@@H](CC(=O)O)Cc1cc(F)c(F)cc1F. The van der Waals surface area contributed by atoms with Crippen molar-refractivity contribution in [1.82, 2.24) is 41.7 Å². The van der Waals surface area contributed by atoms with E-state index >= 15 is 0 Å². The van der Waals surface area contributed by atoms with Crippen molar-refractivity contribution >= 4 is 35.5 Å². The first-order valence-corrected chi connectivity index (χ1v) is 28.2. The monoisotopic (exact) mass is 1250 g/mol. The number of likely N-dealkylation sites (N-methyl/N-ethyl adjacent to an activating group) is 2. The Labute approximate surface area is 501 Å². The summed E-state index contributed by atoms with van der Waals surface area (Å²) < 4.78 is 136. The highest BCUT2D eigenvalue weighted by molar-refractivity contribution is 5.90. The summed E-state index contributed by atoms with van der Waals surface area (Å²) in [5.74, 6) is -12.2. The van der Waals surface area contributed by atoms with Crippen LogP contribution in [0.15, 0.2) is 36.4 Å². The van der Waals surface area contributed by atoms with Crippen molar-refractivity contribution in [1.29, 1.82) is 0 Å². The van der Waals surface area contributed by atoms with E-state index in [1.807, 2.05) is 62.3 Å². The van der Waals surface area contributed by atoms with Gasteiger partial charge in [-0.05, 0) is 131 Å². The fourth-order valence-electron chi connectivity index (χ4n) is 8.61. The van der Waals surface area contributed by atoms with Gasteiger partial charge in [-0.1, -0.05) is 0 Å². The number of carboxylic acids is 1. The summed E-state index contributed by atoms with van der Waals surface area (Å²) in [6.45, 7) is 20.4. The molecule has 6 atom stereocenters. The molecule has 6 rings (SSSR count). The lowest BCUT2D eigenvalue weighted by Crippen LogP contribution is -2.60. The van der Waals surface area contributed by atoms with E-state index in [-0.39, 0.29) is 110 Å². The average Bonchev–Trinajstić information content (AvgIpc) is 3.53. The summed E-state index contributed by atoms with van der Waals surface area (Å²) in [7, 11) is 3.12. The quantitative estimate of drug-likeness (QED) is 0.0555. The molecule has 3 aromatic rings. The Morgan fingerprint density at radius 3 is 1.23 bits per heavy atom. The summed E-state index contributed by atoms with van der Waals surface area (Å²) in [6, 6.07) is 0.0892. The maximum absolute atomic E-state index is 13.9. The number of aliphatic carboxylic acids is 1. The van der Waals surface area contributed by atoms with Crippen LogP contribution in [0.25, 0.3) is 0 Å². The number of ether oxygens (including phenoxy) is 3. The fraction of sp³-hybridized carbons (Fsp3) is 0.593. The lowest BCUT2D eigenvalue weighted by atomic mass is 10.0. The Morgan fingerprint density at radius 2 is 0.862 bits per heavy atom. The number of carboxylic acid groups (broad SMARTS) is 1. The fourth-order valence-corrected chi connectivity index (χ4v) is 8.61. The molecule has 5 amide bonds. The number of hydrogen-bond donors (Lipinski definition) is 8. The van der Waals surface area contributed by atoms with Crippen LogP contribution < -0.4 is 37.6 Å². The number of carbonyl (C=O) groups is 6. The van der Waals surface area contributed by atoms with E-state index in [2.05, 4.69) is 31.9 Å². The summed E-state index contributed by atoms with van der Waals surface area (Å²) in [5, 5.41) is 25.5. The van der Waals surface area contributed by atoms with Crippen LogP contribution in [0, 0.1) is 52.4 Å². The van der Waals surface area contributed by atoms with E-state index in [0.717, 1.165) is 24.7 Å². The van der Waals surface area contributed by atoms with E-state index in [1.54, 1.807) is 7.05 Å². The third-order valence-corrected chi connectivity index (χ3v) is 13.2. The van der Waals surface area contributed by atoms with E-state index in [0.29, 0.717) is 57.5 Å². The van der Waals surface area contributed by atoms with Crippen LogP contribution in [-0.4, -0.2) is 177 Å². The molecule has 0 unspecified atom stereocenters. The Kier molecular flexibility index (Phi) is 29.5. The molecule has 87 heavy (non-hydrogen) atoms. The van der Waals surface area contributed by atoms with Crippen LogP contribution in [0.3, 0.4) is 0 Å². The van der Waals surface area contributed by atoms with Gasteiger partial charge >= 0.3 is 5.97 Å². The van der Waals surface area contributed by atoms with Gasteiger partial charge in [-0.25, -0.2) is 39.5 Å². The second kappa shape index (κ2) is 34.4. The molecule has 0 aliphatic carbocycles. The Morgan fingerprint density at radius 1 is 0.517 bits per heavy atom. The molecule has 19 nitrogen and oxygen atoms in total. The molecule has 0 saturated carbocycles. The van der Waals surface area contributed by atoms with Crippen LogP contribution in [0.4, 0.5) is 39.5 Å². The molecule has 3 heterocycles. The standard InChI is InChI=1S/C20H28F3N3O3.C19H26F3N3O3.C11H12F3NO2.C9H18N2O2/c1-20(2,3)29-11-17-19(28)25-5-6-26(17)18(27)9-13(24-4)7-12-8-15(22)16(23)10-14(12)21;1-19(2,3)28-10-16-18(27)24-4-5-25(16)17(26)8-12(23)6-11-7-14(21)15(22)9-13(11)20;1-15-7(4-11(16)17)2-6-3-9(13)10(14)5-8(6)12;1-9(2,3)13-6-7-8(12)11-5-4-10-7/h8,10,13,17,24H,5-7,9,11H2,1-4H3,(H,25,28);7,9,12,16H,4-6,8,10,23H2,1-3H3,(H,24,27);3,5,7,15H,2,4H2,1H3,(H,16,17);7,10H,4-6H2,1-3H3,(H,11,12)/t13-,17-;12-,16-;2*7-/m1111/s1. The topological polar surface area (TPSA) is 255 Å². The minimum atomic E-state index is -1.29. The summed E-state index contributed by atoms with van der Waals surface area (Å²) in [4.78, 5) is 74.6. The second-order valence-electron chi connectivity index (χ2n) is 23.8. The smallest absolute Gasteiger partial charge is 0.304 e. The highest BCUT2D eigenvalue weighted by Gasteiger charge is 2.37. The number of nitrogens with zero attached hydrogens (tertiary/aromatic N) is 2. The summed E-state index contributed by atoms with van der Waals surface area (Å²) >= 11 is 0. The van der Waals surface area contributed by atoms with E-state index in [1.165, 1.54) is 16.8 Å². The number of benzene rings is 3. The van der Waals surface area contributed by atoms with Gasteiger partial charge in [0.25, 0.3) is 0 Å². The molecule has 488 valence electrons. The molecule has 3 aromatic carbocycles. The van der Waals surface area contributed by atoms with Gasteiger partial charge in [-0.2, -0.15) is 0 Å². The molecule has 0 radical (unpaired) electrons. The Hall–Kier alpha value is -6.43. The third-order valence-electron chi connectivity index (χ3n) is 13.2. The Bertz CT molecular complexity index is 2800. The third kappa shape index (κ3) is 26.4. The minimum Gasteiger partial charge on any atom is -0.481 e. The van der Waals surface area contributed by atoms with Crippen molar-refractivity contribution < 1.29 is 87.6 Å². The zero-order valence-corrected chi connectivity index (χ0v) is 51.0. The van der Waals surface area contributed by atoms with Gasteiger partial charge in [-0.15, -0.1) is 0 Å². The van der Waals surface area contributed by atoms with E-state index in [9.17, 15) is 68.3 Å². The summed E-state index contributed by atoms with van der Waals surface area (Å²) in [6.07, 6.45) is -0.598. The van der Waals surface area contributed by atoms with Crippen LogP contribution in [0.1, 0.15) is 98.3 Å². The van der Waals surface area contributed by atoms with Crippen LogP contribution in [0.2, 0.25) is 0 Å². The van der Waals surface area contributed by atoms with Crippen molar-refractivity contribution in [2.24, 2.45) is 5.73 Å².